The molecule has 32 heavy (non-hydrogen) atoms. The molecule has 0 unspecified atom stereocenters. The number of nitrogens with one attached hydrogen (secondary N) is 2. The molecule has 2 N–H and O–H groups in total. The van der Waals surface area contributed by atoms with E-state index < -0.39 is 17.7 Å². The van der Waals surface area contributed by atoms with Crippen molar-refractivity contribution in [2.75, 3.05) is 51.4 Å². The predicted molar refractivity (Wildman–Crippen MR) is 111 cm³/mol. The van der Waals surface area contributed by atoms with Crippen molar-refractivity contribution in [1.29, 1.82) is 0 Å². The van der Waals surface area contributed by atoms with Crippen molar-refractivity contribution in [2.45, 2.75) is 12.0 Å². The second-order valence-corrected chi connectivity index (χ2v) is 8.08. The van der Waals surface area contributed by atoms with Gasteiger partial charge in [0, 0.05) is 43.1 Å². The Morgan fingerprint density at radius 2 is 2.00 bits per heavy atom. The first-order valence-corrected chi connectivity index (χ1v) is 10.7. The number of benzene rings is 1. The highest BCUT2D eigenvalue weighted by Gasteiger charge is 2.57. The summed E-state index contributed by atoms with van der Waals surface area (Å²) in [5, 5.41) is 5.47. The van der Waals surface area contributed by atoms with Crippen LogP contribution in [0.1, 0.15) is 11.5 Å². The molecule has 1 aromatic carbocycles. The van der Waals surface area contributed by atoms with Gasteiger partial charge in [0.2, 0.25) is 0 Å². The Morgan fingerprint density at radius 1 is 1.19 bits per heavy atom. The SMILES string of the molecule is O=C(Nc1ccc(OCCN2CCOCC2)cn1)N[C@@H]1[C@@H]2COc3c(F)ccc(F)c3[C@@H]21. The molecule has 2 fully saturated rings. The number of urea groups is 1. The second kappa shape index (κ2) is 8.87. The summed E-state index contributed by atoms with van der Waals surface area (Å²) in [6.45, 7) is 4.89. The van der Waals surface area contributed by atoms with Crippen LogP contribution in [-0.4, -0.2) is 68.0 Å². The number of rotatable bonds is 6. The fourth-order valence-electron chi connectivity index (χ4n) is 4.32. The Labute approximate surface area is 183 Å². The van der Waals surface area contributed by atoms with Gasteiger partial charge in [-0.1, -0.05) is 0 Å². The van der Waals surface area contributed by atoms with Gasteiger partial charge >= 0.3 is 6.03 Å². The summed E-state index contributed by atoms with van der Waals surface area (Å²) in [6.07, 6.45) is 1.55. The third-order valence-corrected chi connectivity index (χ3v) is 6.07. The summed E-state index contributed by atoms with van der Waals surface area (Å²) in [6, 6.07) is 4.74. The highest BCUT2D eigenvalue weighted by Crippen LogP contribution is 2.55. The van der Waals surface area contributed by atoms with Gasteiger partial charge in [-0.05, 0) is 24.3 Å². The van der Waals surface area contributed by atoms with Crippen LogP contribution in [0.3, 0.4) is 0 Å². The van der Waals surface area contributed by atoms with Crippen molar-refractivity contribution in [1.82, 2.24) is 15.2 Å². The number of carbonyl (C=O) groups is 1. The number of fused-ring (bicyclic) bond motifs is 3. The van der Waals surface area contributed by atoms with Gasteiger partial charge in [-0.2, -0.15) is 0 Å². The van der Waals surface area contributed by atoms with Crippen molar-refractivity contribution >= 4 is 11.8 Å². The summed E-state index contributed by atoms with van der Waals surface area (Å²) in [4.78, 5) is 18.9. The lowest BCUT2D eigenvalue weighted by Gasteiger charge is -2.26. The predicted octanol–water partition coefficient (Wildman–Crippen LogP) is 2.37. The summed E-state index contributed by atoms with van der Waals surface area (Å²) in [7, 11) is 0. The Bertz CT molecular complexity index is 985. The first-order valence-electron chi connectivity index (χ1n) is 10.7. The standard InChI is InChI=1S/C22H24F2N4O4/c23-15-2-3-16(24)21-19(15)18-14(12-32-21)20(18)27-22(29)26-17-4-1-13(11-25-17)31-10-7-28-5-8-30-9-6-28/h1-4,11,14,18,20H,5-10,12H2,(H2,25,26,27,29)/t14-,18-,20-/m1/s1. The molecule has 3 aliphatic rings. The molecule has 2 aliphatic heterocycles. The van der Waals surface area contributed by atoms with Crippen LogP contribution in [0, 0.1) is 17.6 Å². The van der Waals surface area contributed by atoms with E-state index in [4.69, 9.17) is 14.2 Å². The van der Waals surface area contributed by atoms with Crippen LogP contribution in [0.15, 0.2) is 30.5 Å². The van der Waals surface area contributed by atoms with E-state index in [0.29, 0.717) is 18.2 Å². The average molecular weight is 446 g/mol. The maximum Gasteiger partial charge on any atom is 0.320 e. The molecule has 10 heteroatoms. The van der Waals surface area contributed by atoms with E-state index in [0.717, 1.165) is 45.0 Å². The third-order valence-electron chi connectivity index (χ3n) is 6.07. The summed E-state index contributed by atoms with van der Waals surface area (Å²) < 4.78 is 44.5. The molecule has 3 heterocycles. The van der Waals surface area contributed by atoms with Crippen molar-refractivity contribution in [2.24, 2.45) is 5.92 Å². The van der Waals surface area contributed by atoms with E-state index in [1.807, 2.05) is 0 Å². The fourth-order valence-corrected chi connectivity index (χ4v) is 4.32. The molecule has 1 saturated carbocycles. The number of morpholine rings is 1. The molecule has 1 saturated heterocycles. The van der Waals surface area contributed by atoms with Gasteiger partial charge in [-0.15, -0.1) is 0 Å². The minimum Gasteiger partial charge on any atom is -0.491 e. The molecule has 0 bridgehead atoms. The van der Waals surface area contributed by atoms with E-state index in [1.165, 1.54) is 0 Å². The molecule has 1 aliphatic carbocycles. The van der Waals surface area contributed by atoms with Crippen LogP contribution in [-0.2, 0) is 4.74 Å². The zero-order valence-corrected chi connectivity index (χ0v) is 17.4. The van der Waals surface area contributed by atoms with Gasteiger partial charge in [0.1, 0.15) is 24.0 Å². The molecular formula is C22H24F2N4O4. The molecule has 0 radical (unpaired) electrons. The van der Waals surface area contributed by atoms with Crippen molar-refractivity contribution in [3.63, 3.8) is 0 Å². The fraction of sp³-hybridized carbons (Fsp3) is 0.455. The van der Waals surface area contributed by atoms with Gasteiger partial charge in [0.15, 0.2) is 11.6 Å². The van der Waals surface area contributed by atoms with E-state index in [-0.39, 0.29) is 35.8 Å². The third kappa shape index (κ3) is 4.33. The number of hydrogen-bond donors (Lipinski definition) is 2. The summed E-state index contributed by atoms with van der Waals surface area (Å²) in [5.74, 6) is -0.570. The van der Waals surface area contributed by atoms with Crippen LogP contribution in [0.25, 0.3) is 0 Å². The molecule has 2 aromatic rings. The normalized spacial score (nSPS) is 24.0. The highest BCUT2D eigenvalue weighted by molar-refractivity contribution is 5.89. The smallest absolute Gasteiger partial charge is 0.320 e. The van der Waals surface area contributed by atoms with Crippen molar-refractivity contribution in [3.05, 3.63) is 47.7 Å². The number of anilines is 1. The molecule has 5 rings (SSSR count). The maximum atomic E-state index is 14.2. The van der Waals surface area contributed by atoms with E-state index in [1.54, 1.807) is 18.3 Å². The number of halogens is 2. The first kappa shape index (κ1) is 20.9. The molecule has 2 amide bonds. The molecule has 1 aromatic heterocycles. The number of pyridine rings is 1. The minimum absolute atomic E-state index is 0.0539. The van der Waals surface area contributed by atoms with Crippen molar-refractivity contribution in [3.8, 4) is 11.5 Å². The Morgan fingerprint density at radius 3 is 2.78 bits per heavy atom. The van der Waals surface area contributed by atoms with Gasteiger partial charge in [-0.3, -0.25) is 10.2 Å². The Kier molecular flexibility index (Phi) is 5.79. The quantitative estimate of drug-likeness (QED) is 0.709. The zero-order valence-electron chi connectivity index (χ0n) is 17.4. The lowest BCUT2D eigenvalue weighted by Crippen LogP contribution is -2.38. The number of nitrogens with zero attached hydrogens (tertiary/aromatic N) is 2. The topological polar surface area (TPSA) is 85.0 Å². The summed E-state index contributed by atoms with van der Waals surface area (Å²) in [5.41, 5.74) is 0.197. The van der Waals surface area contributed by atoms with Crippen LogP contribution >= 0.6 is 0 Å². The number of ether oxygens (including phenoxy) is 3. The first-order chi connectivity index (χ1) is 15.6. The highest BCUT2D eigenvalue weighted by atomic mass is 19.1. The molecule has 170 valence electrons. The van der Waals surface area contributed by atoms with E-state index in [9.17, 15) is 13.6 Å². The molecule has 0 spiro atoms. The largest absolute Gasteiger partial charge is 0.491 e. The van der Waals surface area contributed by atoms with Crippen LogP contribution in [0.4, 0.5) is 19.4 Å². The van der Waals surface area contributed by atoms with Crippen molar-refractivity contribution < 1.29 is 27.8 Å². The van der Waals surface area contributed by atoms with E-state index >= 15 is 0 Å². The summed E-state index contributed by atoms with van der Waals surface area (Å²) >= 11 is 0. The van der Waals surface area contributed by atoms with Crippen LogP contribution < -0.4 is 20.1 Å². The van der Waals surface area contributed by atoms with Crippen LogP contribution in [0.5, 0.6) is 11.5 Å². The van der Waals surface area contributed by atoms with Gasteiger partial charge in [0.25, 0.3) is 0 Å². The molecule has 8 nitrogen and oxygen atoms in total. The lowest BCUT2D eigenvalue weighted by molar-refractivity contribution is 0.0322. The average Bonchev–Trinajstić information content (AvgIpc) is 3.50. The zero-order chi connectivity index (χ0) is 22.1. The van der Waals surface area contributed by atoms with Gasteiger partial charge in [0.05, 0.1) is 26.0 Å². The van der Waals surface area contributed by atoms with E-state index in [2.05, 4.69) is 20.5 Å². The Hall–Kier alpha value is -2.98. The number of amides is 2. The molecule has 3 atom stereocenters. The Balaban J connectivity index is 1.11. The molecular weight excluding hydrogens is 422 g/mol. The lowest BCUT2D eigenvalue weighted by atomic mass is 10.0. The monoisotopic (exact) mass is 446 g/mol. The number of carbonyl (C=O) groups excluding carboxylic acids is 1. The van der Waals surface area contributed by atoms with Gasteiger partial charge in [-0.25, -0.2) is 18.6 Å². The second-order valence-electron chi connectivity index (χ2n) is 8.08. The number of hydrogen-bond acceptors (Lipinski definition) is 6. The van der Waals surface area contributed by atoms with Crippen LogP contribution in [0.2, 0.25) is 0 Å². The van der Waals surface area contributed by atoms with Gasteiger partial charge < -0.3 is 19.5 Å². The number of aromatic nitrogens is 1. The minimum atomic E-state index is -0.591. The maximum absolute atomic E-state index is 14.2.